The van der Waals surface area contributed by atoms with Crippen LogP contribution in [0.4, 0.5) is 10.1 Å². The highest BCUT2D eigenvalue weighted by Crippen LogP contribution is 2.36. The molecule has 0 radical (unpaired) electrons. The van der Waals surface area contributed by atoms with Gasteiger partial charge in [0, 0.05) is 16.8 Å². The Kier molecular flexibility index (Phi) is 4.32. The van der Waals surface area contributed by atoms with Crippen molar-refractivity contribution in [1.29, 1.82) is 0 Å². The van der Waals surface area contributed by atoms with E-state index in [4.69, 9.17) is 0 Å². The van der Waals surface area contributed by atoms with E-state index in [2.05, 4.69) is 15.4 Å². The summed E-state index contributed by atoms with van der Waals surface area (Å²) < 4.78 is 14.9. The van der Waals surface area contributed by atoms with Crippen molar-refractivity contribution < 1.29 is 14.3 Å². The van der Waals surface area contributed by atoms with Crippen LogP contribution in [0.1, 0.15) is 22.1 Å². The molecule has 0 aliphatic carbocycles. The van der Waals surface area contributed by atoms with Crippen molar-refractivity contribution in [3.8, 4) is 22.6 Å². The van der Waals surface area contributed by atoms with Gasteiger partial charge in [0.05, 0.1) is 5.56 Å². The molecule has 4 aromatic rings. The number of benzene rings is 3. The average Bonchev–Trinajstić information content (AvgIpc) is 2.79. The summed E-state index contributed by atoms with van der Waals surface area (Å²) in [5.74, 6) is -1.05. The molecule has 3 aromatic carbocycles. The minimum Gasteiger partial charge on any atom is -0.478 e. The molecule has 0 saturated heterocycles. The number of carboxylic acid groups (broad SMARTS) is 1. The van der Waals surface area contributed by atoms with Crippen LogP contribution in [0, 0.1) is 5.82 Å². The molecule has 0 saturated carbocycles. The highest BCUT2D eigenvalue weighted by molar-refractivity contribution is 5.87. The van der Waals surface area contributed by atoms with Gasteiger partial charge in [-0.15, -0.1) is 0 Å². The van der Waals surface area contributed by atoms with Gasteiger partial charge in [-0.25, -0.2) is 13.9 Å². The van der Waals surface area contributed by atoms with E-state index in [1.165, 1.54) is 36.4 Å². The van der Waals surface area contributed by atoms with Crippen molar-refractivity contribution in [3.05, 3.63) is 100 Å². The summed E-state index contributed by atoms with van der Waals surface area (Å²) in [7, 11) is 0. The molecule has 152 valence electrons. The summed E-state index contributed by atoms with van der Waals surface area (Å²) in [4.78, 5) is 28.3. The Balaban J connectivity index is 1.71. The van der Waals surface area contributed by atoms with Gasteiger partial charge in [0.1, 0.15) is 12.0 Å². The zero-order chi connectivity index (χ0) is 21.5. The van der Waals surface area contributed by atoms with Crippen LogP contribution in [0.5, 0.6) is 0 Å². The van der Waals surface area contributed by atoms with Gasteiger partial charge in [0.15, 0.2) is 11.5 Å². The fraction of sp³-hybridized carbons (Fsp3) is 0.0435. The van der Waals surface area contributed by atoms with E-state index < -0.39 is 23.5 Å². The predicted octanol–water partition coefficient (Wildman–Crippen LogP) is 3.78. The lowest BCUT2D eigenvalue weighted by Gasteiger charge is -2.30. The van der Waals surface area contributed by atoms with E-state index in [0.29, 0.717) is 11.4 Å². The summed E-state index contributed by atoms with van der Waals surface area (Å²) in [6.45, 7) is 0. The largest absolute Gasteiger partial charge is 0.478 e. The number of aromatic carboxylic acids is 1. The third-order valence-electron chi connectivity index (χ3n) is 5.13. The van der Waals surface area contributed by atoms with Gasteiger partial charge in [-0.1, -0.05) is 24.3 Å². The molecule has 0 bridgehead atoms. The number of halogens is 1. The zero-order valence-corrected chi connectivity index (χ0v) is 16.0. The summed E-state index contributed by atoms with van der Waals surface area (Å²) in [6, 6.07) is 19.3. The number of anilines is 1. The topological polar surface area (TPSA) is 97.1 Å². The Morgan fingerprint density at radius 2 is 1.71 bits per heavy atom. The maximum Gasteiger partial charge on any atom is 0.335 e. The number of rotatable bonds is 3. The molecule has 0 fully saturated rings. The van der Waals surface area contributed by atoms with E-state index in [1.807, 2.05) is 24.3 Å². The van der Waals surface area contributed by atoms with Crippen LogP contribution in [0.15, 0.2) is 77.6 Å². The number of fused-ring (bicyclic) bond motifs is 3. The molecule has 2 heterocycles. The molecule has 7 nitrogen and oxygen atoms in total. The molecule has 1 atom stereocenters. The first-order valence-corrected chi connectivity index (χ1v) is 9.47. The quantitative estimate of drug-likeness (QED) is 0.530. The number of para-hydroxylation sites is 1. The standard InChI is InChI=1S/C23H15FN4O3/c24-16-11-9-13(10-12-16)19-22(29)26-21-17-3-1-2-4-18(17)25-20(28(21)27-19)14-5-7-15(8-6-14)23(30)31/h1-12,20,25H,(H,30,31)/t20-/m1/s1. The van der Waals surface area contributed by atoms with Crippen molar-refractivity contribution in [2.24, 2.45) is 0 Å². The van der Waals surface area contributed by atoms with Gasteiger partial charge in [-0.05, 0) is 54.1 Å². The molecule has 0 amide bonds. The Labute approximate surface area is 175 Å². The van der Waals surface area contributed by atoms with Crippen LogP contribution in [0.25, 0.3) is 22.6 Å². The molecular formula is C23H15FN4O3. The van der Waals surface area contributed by atoms with Crippen LogP contribution in [0.3, 0.4) is 0 Å². The smallest absolute Gasteiger partial charge is 0.335 e. The highest BCUT2D eigenvalue weighted by Gasteiger charge is 2.28. The van der Waals surface area contributed by atoms with Crippen molar-refractivity contribution in [2.45, 2.75) is 6.17 Å². The molecule has 2 N–H and O–H groups in total. The summed E-state index contributed by atoms with van der Waals surface area (Å²) in [5.41, 5.74) is 2.43. The normalized spacial score (nSPS) is 14.3. The second-order valence-corrected chi connectivity index (χ2v) is 7.06. The summed E-state index contributed by atoms with van der Waals surface area (Å²) in [6.07, 6.45) is -0.528. The number of nitrogens with one attached hydrogen (secondary N) is 1. The average molecular weight is 414 g/mol. The molecule has 0 spiro atoms. The minimum atomic E-state index is -1.02. The molecule has 1 aliphatic rings. The minimum absolute atomic E-state index is 0.0945. The maximum absolute atomic E-state index is 13.3. The lowest BCUT2D eigenvalue weighted by Crippen LogP contribution is -2.32. The molecule has 5 rings (SSSR count). The van der Waals surface area contributed by atoms with E-state index in [0.717, 1.165) is 16.8 Å². The molecular weight excluding hydrogens is 399 g/mol. The van der Waals surface area contributed by atoms with Crippen molar-refractivity contribution >= 4 is 11.7 Å². The third-order valence-corrected chi connectivity index (χ3v) is 5.13. The molecule has 1 aliphatic heterocycles. The first-order chi connectivity index (χ1) is 15.0. The fourth-order valence-corrected chi connectivity index (χ4v) is 3.60. The lowest BCUT2D eigenvalue weighted by atomic mass is 10.0. The van der Waals surface area contributed by atoms with Gasteiger partial charge < -0.3 is 10.4 Å². The Hall–Kier alpha value is -4.33. The molecule has 1 aromatic heterocycles. The first-order valence-electron chi connectivity index (χ1n) is 9.47. The van der Waals surface area contributed by atoms with Gasteiger partial charge in [-0.3, -0.25) is 4.79 Å². The molecule has 0 unspecified atom stereocenters. The first kappa shape index (κ1) is 18.7. The SMILES string of the molecule is O=C(O)c1ccc([C@@H]2Nc3ccccc3-c3nc(=O)c(-c4ccc(F)cc4)nn32)cc1. The van der Waals surface area contributed by atoms with Crippen LogP contribution in [-0.2, 0) is 0 Å². The van der Waals surface area contributed by atoms with E-state index in [-0.39, 0.29) is 11.3 Å². The number of nitrogens with zero attached hydrogens (tertiary/aromatic N) is 3. The van der Waals surface area contributed by atoms with Crippen LogP contribution in [-0.4, -0.2) is 25.8 Å². The molecule has 8 heteroatoms. The number of carboxylic acids is 1. The zero-order valence-electron chi connectivity index (χ0n) is 16.0. The summed E-state index contributed by atoms with van der Waals surface area (Å²) in [5, 5.41) is 17.1. The van der Waals surface area contributed by atoms with Crippen molar-refractivity contribution in [3.63, 3.8) is 0 Å². The fourth-order valence-electron chi connectivity index (χ4n) is 3.60. The number of hydrogen-bond donors (Lipinski definition) is 2. The molecule has 31 heavy (non-hydrogen) atoms. The van der Waals surface area contributed by atoms with Gasteiger partial charge >= 0.3 is 5.97 Å². The van der Waals surface area contributed by atoms with Crippen LogP contribution < -0.4 is 10.9 Å². The number of aromatic nitrogens is 3. The lowest BCUT2D eigenvalue weighted by molar-refractivity contribution is 0.0697. The third kappa shape index (κ3) is 3.24. The van der Waals surface area contributed by atoms with Gasteiger partial charge in [-0.2, -0.15) is 10.1 Å². The van der Waals surface area contributed by atoms with Gasteiger partial charge in [0.25, 0.3) is 5.56 Å². The second-order valence-electron chi connectivity index (χ2n) is 7.06. The Morgan fingerprint density at radius 3 is 2.42 bits per heavy atom. The number of carbonyl (C=O) groups is 1. The number of hydrogen-bond acceptors (Lipinski definition) is 5. The van der Waals surface area contributed by atoms with Gasteiger partial charge in [0.2, 0.25) is 0 Å². The highest BCUT2D eigenvalue weighted by atomic mass is 19.1. The predicted molar refractivity (Wildman–Crippen MR) is 112 cm³/mol. The van der Waals surface area contributed by atoms with E-state index in [9.17, 15) is 19.1 Å². The Morgan fingerprint density at radius 1 is 1.00 bits per heavy atom. The van der Waals surface area contributed by atoms with E-state index in [1.54, 1.807) is 16.8 Å². The van der Waals surface area contributed by atoms with Crippen LogP contribution >= 0.6 is 0 Å². The maximum atomic E-state index is 13.3. The van der Waals surface area contributed by atoms with Crippen LogP contribution in [0.2, 0.25) is 0 Å². The van der Waals surface area contributed by atoms with Crippen molar-refractivity contribution in [1.82, 2.24) is 14.8 Å². The second kappa shape index (κ2) is 7.17. The Bertz CT molecular complexity index is 1370. The van der Waals surface area contributed by atoms with E-state index >= 15 is 0 Å². The monoisotopic (exact) mass is 414 g/mol. The van der Waals surface area contributed by atoms with Crippen molar-refractivity contribution in [2.75, 3.05) is 5.32 Å². The summed E-state index contributed by atoms with van der Waals surface area (Å²) >= 11 is 0.